The number of thiocarbonyl (C=S) groups is 1. The highest BCUT2D eigenvalue weighted by molar-refractivity contribution is 7.78. The minimum absolute atomic E-state index is 0.0597. The van der Waals surface area contributed by atoms with E-state index in [1.165, 1.54) is 18.2 Å². The second kappa shape index (κ2) is 5.00. The summed E-state index contributed by atoms with van der Waals surface area (Å²) in [5, 5.41) is 2.22. The van der Waals surface area contributed by atoms with Gasteiger partial charge in [-0.1, -0.05) is 17.7 Å². The molecule has 0 amide bonds. The Hall–Kier alpha value is -1.03. The lowest BCUT2D eigenvalue weighted by molar-refractivity contribution is -0.0494. The van der Waals surface area contributed by atoms with Crippen LogP contribution in [-0.2, 0) is 0 Å². The van der Waals surface area contributed by atoms with Crippen LogP contribution >= 0.6 is 23.8 Å². The van der Waals surface area contributed by atoms with Crippen LogP contribution in [0.3, 0.4) is 0 Å². The lowest BCUT2D eigenvalue weighted by atomic mass is 10.3. The van der Waals surface area contributed by atoms with E-state index in [0.29, 0.717) is 0 Å². The minimum Gasteiger partial charge on any atom is -0.432 e. The summed E-state index contributed by atoms with van der Waals surface area (Å²) in [5.41, 5.74) is 0.0597. The highest BCUT2D eigenvalue weighted by Crippen LogP contribution is 2.35. The smallest absolute Gasteiger partial charge is 0.387 e. The largest absolute Gasteiger partial charge is 0.432 e. The standard InChI is InChI=1S/C8H4ClF2NOS/c9-5-2-1-3-6(13-8(10)11)7(5)12-4-14/h1-3,8H. The Morgan fingerprint density at radius 2 is 2.21 bits per heavy atom. The highest BCUT2D eigenvalue weighted by Gasteiger charge is 2.11. The molecule has 1 rings (SSSR count). The number of benzene rings is 1. The molecular weight excluding hydrogens is 232 g/mol. The average Bonchev–Trinajstić information content (AvgIpc) is 2.10. The van der Waals surface area contributed by atoms with E-state index in [2.05, 4.69) is 21.9 Å². The van der Waals surface area contributed by atoms with E-state index in [0.717, 1.165) is 0 Å². The van der Waals surface area contributed by atoms with Crippen LogP contribution in [0.25, 0.3) is 0 Å². The molecule has 0 heterocycles. The Bertz CT molecular complexity index is 380. The third-order valence-electron chi connectivity index (χ3n) is 1.32. The van der Waals surface area contributed by atoms with Crippen LogP contribution in [0.4, 0.5) is 14.5 Å². The second-order valence-corrected chi connectivity index (χ2v) is 2.76. The number of ether oxygens (including phenoxy) is 1. The third kappa shape index (κ3) is 2.73. The van der Waals surface area contributed by atoms with E-state index in [1.807, 2.05) is 5.16 Å². The van der Waals surface area contributed by atoms with Crippen molar-refractivity contribution in [3.05, 3.63) is 23.2 Å². The molecule has 0 bridgehead atoms. The molecule has 2 nitrogen and oxygen atoms in total. The molecule has 0 aliphatic rings. The molecule has 0 radical (unpaired) electrons. The number of hydrogen-bond acceptors (Lipinski definition) is 3. The Morgan fingerprint density at radius 1 is 1.50 bits per heavy atom. The molecule has 0 atom stereocenters. The van der Waals surface area contributed by atoms with Crippen LogP contribution < -0.4 is 4.74 Å². The normalized spacial score (nSPS) is 9.71. The summed E-state index contributed by atoms with van der Waals surface area (Å²) in [7, 11) is 0. The van der Waals surface area contributed by atoms with Gasteiger partial charge in [0.1, 0.15) is 5.69 Å². The van der Waals surface area contributed by atoms with Gasteiger partial charge >= 0.3 is 6.61 Å². The van der Waals surface area contributed by atoms with Crippen molar-refractivity contribution in [1.29, 1.82) is 0 Å². The molecule has 0 spiro atoms. The van der Waals surface area contributed by atoms with Crippen LogP contribution in [-0.4, -0.2) is 11.8 Å². The minimum atomic E-state index is -2.92. The molecule has 0 saturated heterocycles. The number of isothiocyanates is 1. The van der Waals surface area contributed by atoms with E-state index in [4.69, 9.17) is 11.6 Å². The van der Waals surface area contributed by atoms with Crippen LogP contribution in [0, 0.1) is 0 Å². The van der Waals surface area contributed by atoms with Crippen molar-refractivity contribution in [3.8, 4) is 5.75 Å². The molecule has 6 heteroatoms. The van der Waals surface area contributed by atoms with E-state index >= 15 is 0 Å². The lowest BCUT2D eigenvalue weighted by Crippen LogP contribution is -2.01. The predicted octanol–water partition coefficient (Wildman–Crippen LogP) is 3.68. The fourth-order valence-electron chi connectivity index (χ4n) is 0.841. The number of alkyl halides is 2. The lowest BCUT2D eigenvalue weighted by Gasteiger charge is -2.07. The van der Waals surface area contributed by atoms with E-state index in [1.54, 1.807) is 0 Å². The molecule has 0 unspecified atom stereocenters. The van der Waals surface area contributed by atoms with Crippen LogP contribution in [0.1, 0.15) is 0 Å². The van der Waals surface area contributed by atoms with Gasteiger partial charge in [-0.2, -0.15) is 13.8 Å². The van der Waals surface area contributed by atoms with Crippen molar-refractivity contribution in [3.63, 3.8) is 0 Å². The zero-order valence-corrected chi connectivity index (χ0v) is 8.28. The van der Waals surface area contributed by atoms with Crippen LogP contribution in [0.5, 0.6) is 5.75 Å². The quantitative estimate of drug-likeness (QED) is 0.589. The third-order valence-corrected chi connectivity index (χ3v) is 1.72. The fourth-order valence-corrected chi connectivity index (χ4v) is 1.14. The second-order valence-electron chi connectivity index (χ2n) is 2.17. The molecule has 0 aliphatic carbocycles. The number of hydrogen-bond donors (Lipinski definition) is 0. The van der Waals surface area contributed by atoms with Crippen LogP contribution in [0.15, 0.2) is 23.2 Å². The molecule has 1 aromatic rings. The Morgan fingerprint density at radius 3 is 2.79 bits per heavy atom. The summed E-state index contributed by atoms with van der Waals surface area (Å²) in [6, 6.07) is 4.29. The number of aliphatic imine (C=N–C) groups is 1. The highest BCUT2D eigenvalue weighted by atomic mass is 35.5. The van der Waals surface area contributed by atoms with Gasteiger partial charge in [-0.05, 0) is 24.4 Å². The predicted molar refractivity (Wildman–Crippen MR) is 52.8 cm³/mol. The summed E-state index contributed by atoms with van der Waals surface area (Å²) in [6.07, 6.45) is 0. The number of halogens is 3. The SMILES string of the molecule is FC(F)Oc1cccc(Cl)c1N=C=S. The zero-order chi connectivity index (χ0) is 10.6. The summed E-state index contributed by atoms with van der Waals surface area (Å²) in [6.45, 7) is -2.92. The fraction of sp³-hybridized carbons (Fsp3) is 0.125. The van der Waals surface area contributed by atoms with Gasteiger partial charge in [0.05, 0.1) is 10.2 Å². The van der Waals surface area contributed by atoms with Gasteiger partial charge in [-0.15, -0.1) is 0 Å². The Labute approximate surface area is 89.2 Å². The zero-order valence-electron chi connectivity index (χ0n) is 6.71. The van der Waals surface area contributed by atoms with Crippen molar-refractivity contribution in [2.45, 2.75) is 6.61 Å². The molecular formula is C8H4ClF2NOS. The first kappa shape index (κ1) is 11.0. The van der Waals surface area contributed by atoms with E-state index < -0.39 is 6.61 Å². The van der Waals surface area contributed by atoms with Crippen molar-refractivity contribution < 1.29 is 13.5 Å². The molecule has 0 aliphatic heterocycles. The Kier molecular flexibility index (Phi) is 3.95. The van der Waals surface area contributed by atoms with Crippen molar-refractivity contribution in [1.82, 2.24) is 0 Å². The van der Waals surface area contributed by atoms with Crippen LogP contribution in [0.2, 0.25) is 5.02 Å². The molecule has 0 saturated carbocycles. The summed E-state index contributed by atoms with van der Waals surface area (Å²) in [4.78, 5) is 3.53. The van der Waals surface area contributed by atoms with Gasteiger partial charge in [0.2, 0.25) is 0 Å². The maximum atomic E-state index is 11.9. The van der Waals surface area contributed by atoms with E-state index in [-0.39, 0.29) is 16.5 Å². The van der Waals surface area contributed by atoms with Gasteiger partial charge in [0.15, 0.2) is 5.75 Å². The molecule has 0 N–H and O–H groups in total. The summed E-state index contributed by atoms with van der Waals surface area (Å²) < 4.78 is 28.0. The topological polar surface area (TPSA) is 21.6 Å². The maximum Gasteiger partial charge on any atom is 0.387 e. The molecule has 74 valence electrons. The number of rotatable bonds is 3. The maximum absolute atomic E-state index is 11.9. The monoisotopic (exact) mass is 235 g/mol. The number of para-hydroxylation sites is 1. The van der Waals surface area contributed by atoms with Gasteiger partial charge in [0, 0.05) is 0 Å². The first-order chi connectivity index (χ1) is 6.65. The van der Waals surface area contributed by atoms with Gasteiger partial charge in [-0.25, -0.2) is 0 Å². The first-order valence-corrected chi connectivity index (χ1v) is 4.25. The van der Waals surface area contributed by atoms with Gasteiger partial charge in [0.25, 0.3) is 0 Å². The number of nitrogens with zero attached hydrogens (tertiary/aromatic N) is 1. The first-order valence-electron chi connectivity index (χ1n) is 3.46. The van der Waals surface area contributed by atoms with Gasteiger partial charge < -0.3 is 4.74 Å². The molecule has 0 fully saturated rings. The van der Waals surface area contributed by atoms with Crippen molar-refractivity contribution in [2.24, 2.45) is 4.99 Å². The molecule has 14 heavy (non-hydrogen) atoms. The van der Waals surface area contributed by atoms with Gasteiger partial charge in [-0.3, -0.25) is 0 Å². The summed E-state index contributed by atoms with van der Waals surface area (Å²) in [5.74, 6) is -0.121. The molecule has 0 aromatic heterocycles. The van der Waals surface area contributed by atoms with Crippen molar-refractivity contribution in [2.75, 3.05) is 0 Å². The average molecular weight is 236 g/mol. The Balaban J connectivity index is 3.14. The van der Waals surface area contributed by atoms with E-state index in [9.17, 15) is 8.78 Å². The molecule has 1 aromatic carbocycles. The summed E-state index contributed by atoms with van der Waals surface area (Å²) >= 11 is 10.0. The van der Waals surface area contributed by atoms with Crippen molar-refractivity contribution >= 4 is 34.7 Å².